The highest BCUT2D eigenvalue weighted by atomic mass is 19.1. The Morgan fingerprint density at radius 3 is 1.75 bits per heavy atom. The molecule has 3 aromatic heterocycles. The summed E-state index contributed by atoms with van der Waals surface area (Å²) in [6, 6.07) is 61.6. The Bertz CT molecular complexity index is 3250. The van der Waals surface area contributed by atoms with E-state index < -0.39 is 0 Å². The van der Waals surface area contributed by atoms with E-state index in [0.29, 0.717) is 5.82 Å². The van der Waals surface area contributed by atoms with Gasteiger partial charge in [-0.15, -0.1) is 0 Å². The van der Waals surface area contributed by atoms with Crippen LogP contribution in [0.15, 0.2) is 186 Å². The number of nitrogens with zero attached hydrogens (tertiary/aromatic N) is 3. The Labute approximate surface area is 315 Å². The number of aromatic nitrogens is 3. The van der Waals surface area contributed by atoms with E-state index >= 15 is 0 Å². The average Bonchev–Trinajstić information content (AvgIpc) is 3.79. The van der Waals surface area contributed by atoms with Gasteiger partial charge in [-0.2, -0.15) is 0 Å². The number of halogens is 1. The first-order chi connectivity index (χ1) is 27.1. The van der Waals surface area contributed by atoms with Gasteiger partial charge in [0.25, 0.3) is 0 Å². The highest BCUT2D eigenvalue weighted by Gasteiger charge is 2.16. The first-order valence-electron chi connectivity index (χ1n) is 18.3. The molecule has 0 atom stereocenters. The molecule has 4 nitrogen and oxygen atoms in total. The molecule has 0 aliphatic heterocycles. The molecule has 0 N–H and O–H groups in total. The summed E-state index contributed by atoms with van der Waals surface area (Å²) < 4.78 is 22.2. The Morgan fingerprint density at radius 2 is 0.964 bits per heavy atom. The van der Waals surface area contributed by atoms with Crippen LogP contribution in [0.2, 0.25) is 0 Å². The molecule has 0 saturated carbocycles. The van der Waals surface area contributed by atoms with Crippen LogP contribution in [0.25, 0.3) is 105 Å². The molecule has 0 amide bonds. The summed E-state index contributed by atoms with van der Waals surface area (Å²) in [4.78, 5) is 9.93. The number of furan rings is 1. The van der Waals surface area contributed by atoms with Crippen molar-refractivity contribution in [1.82, 2.24) is 14.5 Å². The fourth-order valence-corrected chi connectivity index (χ4v) is 7.98. The SMILES string of the molecule is Fc1ccc(-c2nc(-c3ccc(-n4c5ccccc5c5cc(-c6ccc(-c7ccc8oc9ccccc9c8c7)cc6)ccc54)cc3)nc3ccccc23)cc1. The molecule has 258 valence electrons. The molecular formula is C50H30FN3O. The number of para-hydroxylation sites is 3. The highest BCUT2D eigenvalue weighted by Crippen LogP contribution is 2.37. The number of hydrogen-bond donors (Lipinski definition) is 0. The number of benzene rings is 8. The fraction of sp³-hybridized carbons (Fsp3) is 0. The van der Waals surface area contributed by atoms with Crippen molar-refractivity contribution in [2.75, 3.05) is 0 Å². The van der Waals surface area contributed by atoms with Gasteiger partial charge in [0, 0.05) is 43.7 Å². The van der Waals surface area contributed by atoms with Crippen LogP contribution >= 0.6 is 0 Å². The van der Waals surface area contributed by atoms with E-state index in [1.54, 1.807) is 12.1 Å². The molecule has 8 aromatic carbocycles. The third kappa shape index (κ3) is 5.20. The van der Waals surface area contributed by atoms with Crippen LogP contribution in [-0.2, 0) is 0 Å². The topological polar surface area (TPSA) is 43.9 Å². The third-order valence-electron chi connectivity index (χ3n) is 10.7. The third-order valence-corrected chi connectivity index (χ3v) is 10.7. The van der Waals surface area contributed by atoms with Crippen molar-refractivity contribution in [3.8, 4) is 50.6 Å². The van der Waals surface area contributed by atoms with Gasteiger partial charge in [0.05, 0.1) is 22.2 Å². The molecule has 0 aliphatic carbocycles. The van der Waals surface area contributed by atoms with Gasteiger partial charge in [-0.25, -0.2) is 14.4 Å². The summed E-state index contributed by atoms with van der Waals surface area (Å²) in [5, 5.41) is 5.58. The first-order valence-corrected chi connectivity index (χ1v) is 18.3. The van der Waals surface area contributed by atoms with Crippen LogP contribution < -0.4 is 0 Å². The first kappa shape index (κ1) is 31.2. The lowest BCUT2D eigenvalue weighted by atomic mass is 9.98. The van der Waals surface area contributed by atoms with E-state index in [1.807, 2.05) is 36.4 Å². The molecule has 0 bridgehead atoms. The zero-order valence-electron chi connectivity index (χ0n) is 29.4. The Kier molecular flexibility index (Phi) is 7.01. The van der Waals surface area contributed by atoms with Crippen molar-refractivity contribution >= 4 is 54.6 Å². The summed E-state index contributed by atoms with van der Waals surface area (Å²) in [5.74, 6) is 0.348. The van der Waals surface area contributed by atoms with E-state index in [4.69, 9.17) is 14.4 Å². The second kappa shape index (κ2) is 12.4. The standard InChI is InChI=1S/C50H30FN3O/c51-37-23-17-33(18-24-37)49-41-9-1-4-10-44(41)52-50(53-49)34-19-25-38(26-20-34)54-45-11-5-2-7-39(45)42-29-35(21-27-46(42)54)31-13-15-32(16-14-31)36-22-28-48-43(30-36)40-8-3-6-12-47(40)55-48/h1-30H. The Hall–Kier alpha value is -7.37. The minimum Gasteiger partial charge on any atom is -0.456 e. The smallest absolute Gasteiger partial charge is 0.160 e. The van der Waals surface area contributed by atoms with Crippen LogP contribution in [0.3, 0.4) is 0 Å². The van der Waals surface area contributed by atoms with Gasteiger partial charge in [0.2, 0.25) is 0 Å². The maximum atomic E-state index is 13.8. The van der Waals surface area contributed by atoms with Crippen LogP contribution in [0.4, 0.5) is 4.39 Å². The second-order valence-corrected chi connectivity index (χ2v) is 13.9. The van der Waals surface area contributed by atoms with Crippen molar-refractivity contribution in [2.24, 2.45) is 0 Å². The van der Waals surface area contributed by atoms with Crippen molar-refractivity contribution in [3.05, 3.63) is 188 Å². The van der Waals surface area contributed by atoms with Crippen LogP contribution in [0.1, 0.15) is 0 Å². The fourth-order valence-electron chi connectivity index (χ4n) is 7.98. The molecule has 55 heavy (non-hydrogen) atoms. The summed E-state index contributed by atoms with van der Waals surface area (Å²) in [7, 11) is 0. The summed E-state index contributed by atoms with van der Waals surface area (Å²) in [5.41, 5.74) is 13.2. The van der Waals surface area contributed by atoms with Crippen LogP contribution in [0, 0.1) is 5.82 Å². The van der Waals surface area contributed by atoms with Gasteiger partial charge in [0.1, 0.15) is 17.0 Å². The van der Waals surface area contributed by atoms with Crippen molar-refractivity contribution in [2.45, 2.75) is 0 Å². The van der Waals surface area contributed by atoms with Gasteiger partial charge >= 0.3 is 0 Å². The molecule has 11 aromatic rings. The van der Waals surface area contributed by atoms with E-state index in [0.717, 1.165) is 83.1 Å². The van der Waals surface area contributed by atoms with E-state index in [1.165, 1.54) is 28.5 Å². The maximum absolute atomic E-state index is 13.8. The predicted molar refractivity (Wildman–Crippen MR) is 223 cm³/mol. The lowest BCUT2D eigenvalue weighted by Crippen LogP contribution is -1.97. The highest BCUT2D eigenvalue weighted by molar-refractivity contribution is 6.11. The molecule has 0 fully saturated rings. The summed E-state index contributed by atoms with van der Waals surface area (Å²) >= 11 is 0. The molecule has 0 radical (unpaired) electrons. The summed E-state index contributed by atoms with van der Waals surface area (Å²) in [6.45, 7) is 0. The minimum atomic E-state index is -0.275. The largest absolute Gasteiger partial charge is 0.456 e. The molecule has 0 unspecified atom stereocenters. The zero-order valence-corrected chi connectivity index (χ0v) is 29.4. The average molecular weight is 708 g/mol. The van der Waals surface area contributed by atoms with Crippen molar-refractivity contribution < 1.29 is 8.81 Å². The number of hydrogen-bond acceptors (Lipinski definition) is 3. The predicted octanol–water partition coefficient (Wildman–Crippen LogP) is 13.4. The second-order valence-electron chi connectivity index (χ2n) is 13.9. The quantitative estimate of drug-likeness (QED) is 0.179. The molecule has 5 heteroatoms. The maximum Gasteiger partial charge on any atom is 0.160 e. The van der Waals surface area contributed by atoms with E-state index in [9.17, 15) is 4.39 Å². The molecule has 0 saturated heterocycles. The van der Waals surface area contributed by atoms with Gasteiger partial charge in [-0.3, -0.25) is 0 Å². The van der Waals surface area contributed by atoms with Gasteiger partial charge in [0.15, 0.2) is 5.82 Å². The van der Waals surface area contributed by atoms with Crippen LogP contribution in [0.5, 0.6) is 0 Å². The lowest BCUT2D eigenvalue weighted by Gasteiger charge is -2.11. The Balaban J connectivity index is 0.949. The number of fused-ring (bicyclic) bond motifs is 7. The van der Waals surface area contributed by atoms with Crippen molar-refractivity contribution in [3.63, 3.8) is 0 Å². The molecule has 11 rings (SSSR count). The summed E-state index contributed by atoms with van der Waals surface area (Å²) in [6.07, 6.45) is 0. The molecule has 3 heterocycles. The zero-order chi connectivity index (χ0) is 36.5. The molecule has 0 spiro atoms. The minimum absolute atomic E-state index is 0.275. The number of rotatable bonds is 5. The van der Waals surface area contributed by atoms with E-state index in [2.05, 4.69) is 126 Å². The van der Waals surface area contributed by atoms with Gasteiger partial charge in [-0.05, 0) is 113 Å². The molecular weight excluding hydrogens is 678 g/mol. The van der Waals surface area contributed by atoms with Crippen molar-refractivity contribution in [1.29, 1.82) is 0 Å². The molecule has 0 aliphatic rings. The van der Waals surface area contributed by atoms with Gasteiger partial charge < -0.3 is 8.98 Å². The van der Waals surface area contributed by atoms with Gasteiger partial charge in [-0.1, -0.05) is 91.0 Å². The Morgan fingerprint density at radius 1 is 0.400 bits per heavy atom. The normalized spacial score (nSPS) is 11.7. The lowest BCUT2D eigenvalue weighted by molar-refractivity contribution is 0.628. The van der Waals surface area contributed by atoms with Crippen LogP contribution in [-0.4, -0.2) is 14.5 Å². The van der Waals surface area contributed by atoms with E-state index in [-0.39, 0.29) is 5.82 Å². The monoisotopic (exact) mass is 707 g/mol.